The first-order valence-electron chi connectivity index (χ1n) is 22.4. The number of halogens is 6. The van der Waals surface area contributed by atoms with Gasteiger partial charge in [0.1, 0.15) is 17.5 Å². The number of aliphatic carboxylic acids is 1. The van der Waals surface area contributed by atoms with Crippen LogP contribution >= 0.6 is 47.8 Å². The van der Waals surface area contributed by atoms with Gasteiger partial charge in [-0.15, -0.1) is 0 Å². The topological polar surface area (TPSA) is 562 Å². The van der Waals surface area contributed by atoms with Crippen LogP contribution in [-0.4, -0.2) is 140 Å². The summed E-state index contributed by atoms with van der Waals surface area (Å²) in [7, 11) is 0. The summed E-state index contributed by atoms with van der Waals surface area (Å²) in [6.07, 6.45) is 0.256. The molecule has 0 radical (unpaired) electrons. The maximum absolute atomic E-state index is 13.5. The van der Waals surface area contributed by atoms with Crippen molar-refractivity contribution in [2.75, 3.05) is 48.7 Å². The number of aromatic nitrogens is 10. The third-order valence-corrected chi connectivity index (χ3v) is 11.4. The Labute approximate surface area is 516 Å². The maximum Gasteiger partial charge on any atom is 1.00 e. The quantitative estimate of drug-likeness (QED) is 0.0100. The predicted molar refractivity (Wildman–Crippen MR) is 285 cm³/mol. The Bertz CT molecular complexity index is 3770. The number of Topliss-reactive ketones (excluding diaryl/α,β-unsaturated/α-hetero) is 1. The Hall–Kier alpha value is -9.04. The number of carbonyl (C=O) groups is 6. The van der Waals surface area contributed by atoms with E-state index in [0.717, 1.165) is 9.13 Å². The second kappa shape index (κ2) is 33.9. The normalized spacial score (nSPS) is 10.4. The number of benzene rings is 3. The number of hydrogen-bond donors (Lipinski definition) is 11. The molecular weight excluding hydrogens is 1360 g/mol. The number of ketones is 1. The fourth-order valence-corrected chi connectivity index (χ4v) is 6.99. The largest absolute Gasteiger partial charge is 1.00 e. The van der Waals surface area contributed by atoms with E-state index in [1.54, 1.807) is 0 Å². The minimum atomic E-state index is -1.60. The van der Waals surface area contributed by atoms with Crippen LogP contribution in [0.25, 0.3) is 34.4 Å². The van der Waals surface area contributed by atoms with Crippen LogP contribution in [0.4, 0.5) is 36.3 Å². The van der Waals surface area contributed by atoms with E-state index >= 15 is 0 Å². The minimum Gasteiger partial charge on any atom is -0.870 e. The van der Waals surface area contributed by atoms with Crippen LogP contribution in [0.1, 0.15) is 18.5 Å². The van der Waals surface area contributed by atoms with Crippen LogP contribution in [0, 0.1) is 17.5 Å². The van der Waals surface area contributed by atoms with Gasteiger partial charge in [0.05, 0.1) is 30.5 Å². The van der Waals surface area contributed by atoms with Gasteiger partial charge < -0.3 is 54.8 Å². The molecule has 8 rings (SSSR count). The molecule has 36 nitrogen and oxygen atoms in total. The average Bonchev–Trinajstić information content (AvgIpc) is 2.33. The van der Waals surface area contributed by atoms with Crippen LogP contribution in [0.2, 0.25) is 0 Å². The number of nitrogens with one attached hydrogen (secondary N) is 5. The molecule has 4 amide bonds. The van der Waals surface area contributed by atoms with Gasteiger partial charge in [0.25, 0.3) is 5.91 Å². The molecule has 0 bridgehead atoms. The molecule has 0 unspecified atom stereocenters. The Morgan fingerprint density at radius 1 is 0.612 bits per heavy atom. The summed E-state index contributed by atoms with van der Waals surface area (Å²) >= 11 is 9.14. The van der Waals surface area contributed by atoms with Crippen molar-refractivity contribution in [1.82, 2.24) is 61.2 Å². The van der Waals surface area contributed by atoms with Gasteiger partial charge in [-0.1, -0.05) is 10.3 Å². The summed E-state index contributed by atoms with van der Waals surface area (Å²) in [5, 5.41) is 57.0. The van der Waals surface area contributed by atoms with E-state index in [1.807, 2.05) is 5.48 Å². The average molecular weight is 1400 g/mol. The molecule has 8 aromatic rings. The number of nitrogens with zero attached hydrogens (tertiary/aromatic N) is 11. The van der Waals surface area contributed by atoms with Gasteiger partial charge in [0, 0.05) is 39.1 Å². The summed E-state index contributed by atoms with van der Waals surface area (Å²) in [5.41, 5.74) is 22.4. The van der Waals surface area contributed by atoms with Gasteiger partial charge in [0.15, 0.2) is 22.9 Å². The molecule has 0 aliphatic heterocycles. The van der Waals surface area contributed by atoms with Gasteiger partial charge in [-0.25, -0.2) is 55.6 Å². The molecule has 16 N–H and O–H groups in total. The zero-order valence-electron chi connectivity index (χ0n) is 42.8. The summed E-state index contributed by atoms with van der Waals surface area (Å²) in [4.78, 5) is 90.2. The molecule has 0 atom stereocenters. The number of amides is 4. The number of amidine groups is 1. The van der Waals surface area contributed by atoms with Crippen molar-refractivity contribution in [3.8, 4) is 34.4 Å². The van der Waals surface area contributed by atoms with Gasteiger partial charge in [-0.2, -0.15) is 0 Å². The number of hydrogen-bond acceptors (Lipinski definition) is 28. The van der Waals surface area contributed by atoms with Crippen molar-refractivity contribution in [3.63, 3.8) is 0 Å². The van der Waals surface area contributed by atoms with Crippen LogP contribution in [0.3, 0.4) is 0 Å². The van der Waals surface area contributed by atoms with E-state index in [9.17, 15) is 56.7 Å². The molecule has 0 aliphatic rings. The molecule has 0 saturated carbocycles. The molecule has 5 aromatic heterocycles. The molecule has 43 heteroatoms. The fraction of sp³-hybridized carbons (Fsp3) is 0.167. The number of hydroxylamine groups is 1. The molecule has 0 spiro atoms. The van der Waals surface area contributed by atoms with E-state index in [4.69, 9.17) is 26.8 Å². The molecule has 3 aromatic carbocycles. The molecule has 85 heavy (non-hydrogen) atoms. The first-order chi connectivity index (χ1) is 39.6. The third kappa shape index (κ3) is 19.8. The van der Waals surface area contributed by atoms with Crippen molar-refractivity contribution in [3.05, 3.63) is 112 Å². The monoisotopic (exact) mass is 1400 g/mol. The number of primary amides is 3. The molecule has 5 heterocycles. The second-order valence-corrected chi connectivity index (χ2v) is 17.8. The van der Waals surface area contributed by atoms with Crippen molar-refractivity contribution < 1.29 is 110 Å². The SMILES string of the molecule is NC(=O)C(=O)CCCNc1nonc1-c1noc(=O)n1-c1ccc(F)c(Br)c1.NC(=O)C(=O)NCCNc1nonc1C(=Nc1ccc(F)c(Br)c1)NO.NC(=O)C(=O)O.NCCNc1nonc1-c1noc(=O)n1-c1ccc(F)c(Br)c1.[Na+].[OH-]. The zero-order chi connectivity index (χ0) is 60.9. The number of anilines is 3. The summed E-state index contributed by atoms with van der Waals surface area (Å²) in [6, 6.07) is 11.9. The molecular formula is C42H39Br3F3N20NaO16. The Balaban J connectivity index is 0.000000315. The van der Waals surface area contributed by atoms with E-state index in [0.29, 0.717) is 30.9 Å². The number of carboxylic acid groups (broad SMARTS) is 1. The van der Waals surface area contributed by atoms with Crippen molar-refractivity contribution in [2.24, 2.45) is 27.9 Å². The van der Waals surface area contributed by atoms with E-state index in [1.165, 1.54) is 54.6 Å². The van der Waals surface area contributed by atoms with Crippen molar-refractivity contribution in [1.29, 1.82) is 0 Å². The van der Waals surface area contributed by atoms with Crippen LogP contribution in [0.15, 0.2) is 106 Å². The Morgan fingerprint density at radius 3 is 1.52 bits per heavy atom. The van der Waals surface area contributed by atoms with Gasteiger partial charge >= 0.3 is 64.8 Å². The summed E-state index contributed by atoms with van der Waals surface area (Å²) in [6.45, 7) is 1.25. The summed E-state index contributed by atoms with van der Waals surface area (Å²) in [5.74, 6) is -9.23. The first-order valence-corrected chi connectivity index (χ1v) is 24.8. The number of nitrogens with two attached hydrogens (primary N) is 4. The summed E-state index contributed by atoms with van der Waals surface area (Å²) < 4.78 is 66.2. The van der Waals surface area contributed by atoms with E-state index < -0.39 is 64.3 Å². The number of carboxylic acids is 1. The van der Waals surface area contributed by atoms with Gasteiger partial charge in [0.2, 0.25) is 34.9 Å². The van der Waals surface area contributed by atoms with E-state index in [2.05, 4.69) is 139 Å². The van der Waals surface area contributed by atoms with Crippen molar-refractivity contribution >= 4 is 112 Å². The van der Waals surface area contributed by atoms with Gasteiger partial charge in [-0.3, -0.25) is 43.7 Å². The predicted octanol–water partition coefficient (Wildman–Crippen LogP) is -2.40. The van der Waals surface area contributed by atoms with Crippen molar-refractivity contribution in [2.45, 2.75) is 12.8 Å². The molecule has 446 valence electrons. The molecule has 0 fully saturated rings. The number of carbonyl (C=O) groups excluding carboxylic acids is 5. The molecule has 0 saturated heterocycles. The third-order valence-electron chi connectivity index (χ3n) is 9.62. The van der Waals surface area contributed by atoms with Gasteiger partial charge in [-0.05, 0) is 140 Å². The minimum absolute atomic E-state index is 0. The Kier molecular flexibility index (Phi) is 28.0. The number of aliphatic imine (C=N–C) groups is 1. The molecule has 0 aliphatic carbocycles. The van der Waals surface area contributed by atoms with Crippen LogP contribution < -0.4 is 90.8 Å². The smallest absolute Gasteiger partial charge is 0.870 e. The standard InChI is InChI=1S/C15H12BrFN6O5.C13H13BrFN7O4.C12H10BrFN6O3.C2H3NO3.Na.H2O/c16-8-6-7(3-4-9(8)17)23-14(22-27-15(23)26)11-13(21-28-20-11)19-5-1-2-10(24)12(18)25;14-7-5-6(1-2-8(7)15)19-12(20-25)9-11(22-26-21-9)17-3-4-18-13(24)10(16)23;13-7-5-6(1-2-8(7)14)20-11(19-22-12(20)21)9-10(16-4-3-15)18-23-17-9;3-1(4)2(5)6;;/h3-4,6H,1-2,5H2,(H2,18,25)(H,19,21);1-2,5,25H,3-4H2,(H2,16,23)(H,17,22)(H,18,24)(H,19,20);1-2,5H,3-4,15H2,(H,16,18);(H2,3,4)(H,5,6);;1H2/q;;;;+1;/p-1. The van der Waals surface area contributed by atoms with E-state index in [-0.39, 0.29) is 132 Å². The first kappa shape index (κ1) is 70.2. The Morgan fingerprint density at radius 2 is 1.07 bits per heavy atom. The zero-order valence-corrected chi connectivity index (χ0v) is 49.5. The fourth-order valence-electron chi connectivity index (χ4n) is 5.89. The second-order valence-electron chi connectivity index (χ2n) is 15.2. The number of rotatable bonds is 19. The van der Waals surface area contributed by atoms with Crippen LogP contribution in [0.5, 0.6) is 0 Å². The van der Waals surface area contributed by atoms with Crippen LogP contribution in [-0.2, 0) is 28.8 Å². The maximum atomic E-state index is 13.5.